The highest BCUT2D eigenvalue weighted by atomic mass is 31.2. The molecule has 4 aromatic carbocycles. The maximum atomic E-state index is 14.6. The van der Waals surface area contributed by atoms with Crippen molar-refractivity contribution in [2.24, 2.45) is 5.92 Å². The Bertz CT molecular complexity index is 3100. The van der Waals surface area contributed by atoms with E-state index in [1.165, 1.54) is 38.1 Å². The van der Waals surface area contributed by atoms with E-state index in [2.05, 4.69) is 33.5 Å². The molecule has 7 rings (SSSR count). The number of benzene rings is 4. The number of rotatable bonds is 17. The van der Waals surface area contributed by atoms with Crippen molar-refractivity contribution >= 4 is 48.9 Å². The minimum absolute atomic E-state index is 0.00232. The number of amides is 7. The normalized spacial score (nSPS) is 27.4. The smallest absolute Gasteiger partial charge is 0.376 e. The van der Waals surface area contributed by atoms with Crippen molar-refractivity contribution in [2.45, 2.75) is 152 Å². The number of aliphatic hydroxyl groups excluding tert-OH is 8. The molecule has 3 aliphatic heterocycles. The maximum Gasteiger partial charge on any atom is 0.376 e. The van der Waals surface area contributed by atoms with E-state index in [-0.39, 0.29) is 23.0 Å². The summed E-state index contributed by atoms with van der Waals surface area (Å²) in [4.78, 5) is 112. The zero-order chi connectivity index (χ0) is 63.6. The quantitative estimate of drug-likeness (QED) is 0.0487. The summed E-state index contributed by atoms with van der Waals surface area (Å²) in [5.74, 6) is -8.77. The van der Waals surface area contributed by atoms with Gasteiger partial charge in [-0.3, -0.25) is 33.6 Å². The Hall–Kier alpha value is -7.36. The van der Waals surface area contributed by atoms with Gasteiger partial charge in [0.25, 0.3) is 5.91 Å². The van der Waals surface area contributed by atoms with Crippen LogP contribution in [0.15, 0.2) is 97.1 Å². The van der Waals surface area contributed by atoms with Gasteiger partial charge in [-0.05, 0) is 84.5 Å². The summed E-state index contributed by atoms with van der Waals surface area (Å²) in [5.41, 5.74) is 3.25. The fourth-order valence-corrected chi connectivity index (χ4v) is 11.1. The highest BCUT2D eigenvalue weighted by molar-refractivity contribution is 7.53. The molecule has 3 saturated heterocycles. The third-order valence-corrected chi connectivity index (χ3v) is 17.0. The molecule has 0 spiro atoms. The Morgan fingerprint density at radius 3 is 1.71 bits per heavy atom. The van der Waals surface area contributed by atoms with Crippen LogP contribution in [0.25, 0.3) is 22.3 Å². The summed E-state index contributed by atoms with van der Waals surface area (Å²) < 4.78 is 23.2. The number of fused-ring (bicyclic) bond motifs is 2. The number of carbonyl (C=O) groups excluding carboxylic acids is 7. The Balaban J connectivity index is 1.18. The lowest BCUT2D eigenvalue weighted by molar-refractivity contribution is -0.148. The fraction of sp³-hybridized carbons (Fsp3) is 0.483. The van der Waals surface area contributed by atoms with Crippen molar-refractivity contribution in [1.82, 2.24) is 36.4 Å². The summed E-state index contributed by atoms with van der Waals surface area (Å²) in [6.07, 6.45) is -14.2. The van der Waals surface area contributed by atoms with E-state index >= 15 is 0 Å². The third kappa shape index (κ3) is 16.6. The van der Waals surface area contributed by atoms with Crippen LogP contribution in [0.4, 0.5) is 0 Å². The molecule has 7 amide bonds. The molecule has 16 atom stereocenters. The van der Waals surface area contributed by atoms with Gasteiger partial charge in [0.15, 0.2) is 6.23 Å². The van der Waals surface area contributed by atoms with Gasteiger partial charge >= 0.3 is 7.60 Å². The topological polar surface area (TPSA) is 404 Å². The van der Waals surface area contributed by atoms with E-state index in [1.54, 1.807) is 12.1 Å². The van der Waals surface area contributed by atoms with Gasteiger partial charge in [-0.1, -0.05) is 94.3 Å². The van der Waals surface area contributed by atoms with Gasteiger partial charge in [0.2, 0.25) is 35.4 Å². The number of aliphatic hydroxyl groups is 8. The van der Waals surface area contributed by atoms with Crippen LogP contribution in [0.2, 0.25) is 0 Å². The summed E-state index contributed by atoms with van der Waals surface area (Å²) in [6.45, 7) is 6.77. The van der Waals surface area contributed by atoms with Gasteiger partial charge in [-0.15, -0.1) is 0 Å². The largest absolute Gasteiger partial charge is 0.494 e. The number of carbonyl (C=O) groups is 7. The lowest BCUT2D eigenvalue weighted by Crippen LogP contribution is -2.64. The van der Waals surface area contributed by atoms with Crippen LogP contribution < -0.4 is 35.8 Å². The van der Waals surface area contributed by atoms with E-state index < -0.39 is 166 Å². The zero-order valence-corrected chi connectivity index (χ0v) is 49.6. The van der Waals surface area contributed by atoms with Gasteiger partial charge in [-0.25, -0.2) is 4.57 Å². The third-order valence-electron chi connectivity index (χ3n) is 15.7. The molecule has 0 saturated carbocycles. The molecule has 472 valence electrons. The standard InChI is InChI=1S/C60H78N7O19P/c1-6-8-9-26-85-41-22-18-37(19-23-41)35-12-10-34(11-13-35)36-14-16-39(17-15-36)53(75)61-43-28-45(71)56(78)65-58(80)49-50(72)31(3)29-67(49)60(82)47(33(5)69)63-57(79)48(52(74)51(73)38-20-24-42(25-21-38)86-87(83,84)7-2)64-55(77)44-27-40(70)30-66(44)59(81)46(32(4)68)62-54(43)76/h10-25,31-33,40,43-52,56,68-74,78H,6-9,26-30H2,1-5H3,(H,61,75)(H,62,76)(H,63,79)(H,64,77)(H,65,80)(H,83,84)/t31-,32+,33+,40+,43-,44-,45+,46-,47-,48-,49-,50-,51-,52-,56+/m0/s1. The van der Waals surface area contributed by atoms with E-state index in [4.69, 9.17) is 9.26 Å². The van der Waals surface area contributed by atoms with Gasteiger partial charge in [-0.2, -0.15) is 0 Å². The first-order valence-electron chi connectivity index (χ1n) is 28.8. The van der Waals surface area contributed by atoms with Crippen LogP contribution in [0.5, 0.6) is 11.5 Å². The molecule has 1 unspecified atom stereocenters. The van der Waals surface area contributed by atoms with Gasteiger partial charge in [0.05, 0.1) is 37.2 Å². The molecule has 27 heteroatoms. The SMILES string of the molecule is CCCCCOc1ccc(-c2ccc(-c3ccc(C(=O)N[C@H]4C[C@@H](O)[C@@H](O)NC(=O)[C@@H]5[C@@H](O)[C@@H](C)CN5C(=O)[C@H]([C@@H](C)O)NC(=O)[C@H]([C@H](O)[C@@H](O)c5ccc(OP(=O)(O)CC)cc5)NC(=O)[C@@H]5C[C@@H](O)CN5C(=O)[C@H]([C@@H](C)O)NC4=O)cc3)cc2)cc1. The number of hydrogen-bond acceptors (Lipinski definition) is 18. The molecule has 0 aromatic heterocycles. The molecule has 3 fully saturated rings. The molecular formula is C60H78N7O19P. The van der Waals surface area contributed by atoms with E-state index in [0.717, 1.165) is 77.5 Å². The van der Waals surface area contributed by atoms with Crippen LogP contribution in [0.1, 0.15) is 88.7 Å². The second kappa shape index (κ2) is 29.6. The summed E-state index contributed by atoms with van der Waals surface area (Å²) in [7, 11) is -4.06. The van der Waals surface area contributed by atoms with Crippen LogP contribution in [0, 0.1) is 5.92 Å². The molecule has 14 N–H and O–H groups in total. The first-order chi connectivity index (χ1) is 41.2. The van der Waals surface area contributed by atoms with E-state index in [0.29, 0.717) is 12.2 Å². The highest BCUT2D eigenvalue weighted by Crippen LogP contribution is 2.42. The lowest BCUT2D eigenvalue weighted by atomic mass is 9.96. The molecular weight excluding hydrogens is 1150 g/mol. The molecule has 0 bridgehead atoms. The van der Waals surface area contributed by atoms with Crippen LogP contribution in [0.3, 0.4) is 0 Å². The number of nitrogens with one attached hydrogen (secondary N) is 5. The average molecular weight is 1230 g/mol. The summed E-state index contributed by atoms with van der Waals surface area (Å²) in [5, 5.41) is 102. The van der Waals surface area contributed by atoms with Crippen molar-refractivity contribution in [2.75, 3.05) is 25.9 Å². The number of ether oxygens (including phenoxy) is 1. The number of nitrogens with zero attached hydrogens (tertiary/aromatic N) is 2. The van der Waals surface area contributed by atoms with Crippen molar-refractivity contribution in [3.8, 4) is 33.8 Å². The monoisotopic (exact) mass is 1230 g/mol. The Labute approximate surface area is 502 Å². The van der Waals surface area contributed by atoms with Crippen LogP contribution >= 0.6 is 7.60 Å². The predicted octanol–water partition coefficient (Wildman–Crippen LogP) is -0.0486. The number of unbranched alkanes of at least 4 members (excludes halogenated alkanes) is 2. The maximum absolute atomic E-state index is 14.6. The van der Waals surface area contributed by atoms with Gasteiger partial charge in [0, 0.05) is 37.4 Å². The van der Waals surface area contributed by atoms with Crippen molar-refractivity contribution in [3.63, 3.8) is 0 Å². The summed E-state index contributed by atoms with van der Waals surface area (Å²) >= 11 is 0. The first kappa shape index (κ1) is 67.2. The predicted molar refractivity (Wildman–Crippen MR) is 313 cm³/mol. The minimum Gasteiger partial charge on any atom is -0.494 e. The molecule has 3 aliphatic rings. The molecule has 0 radical (unpaired) electrons. The molecule has 4 aromatic rings. The van der Waals surface area contributed by atoms with Crippen LogP contribution in [-0.4, -0.2) is 202 Å². The van der Waals surface area contributed by atoms with Crippen molar-refractivity contribution < 1.29 is 93.1 Å². The van der Waals surface area contributed by atoms with Crippen molar-refractivity contribution in [3.05, 3.63) is 108 Å². The highest BCUT2D eigenvalue weighted by Gasteiger charge is 2.50. The lowest BCUT2D eigenvalue weighted by Gasteiger charge is -2.34. The summed E-state index contributed by atoms with van der Waals surface area (Å²) in [6, 6.07) is 14.4. The molecule has 87 heavy (non-hydrogen) atoms. The molecule has 0 aliphatic carbocycles. The first-order valence-corrected chi connectivity index (χ1v) is 30.6. The second-order valence-electron chi connectivity index (χ2n) is 22.3. The second-order valence-corrected chi connectivity index (χ2v) is 24.4. The fourth-order valence-electron chi connectivity index (χ4n) is 10.5. The zero-order valence-electron chi connectivity index (χ0n) is 48.7. The minimum atomic E-state index is -4.06. The van der Waals surface area contributed by atoms with E-state index in [9.17, 15) is 83.9 Å². The van der Waals surface area contributed by atoms with Crippen LogP contribution in [-0.2, 0) is 33.3 Å². The Kier molecular flexibility index (Phi) is 22.8. The Morgan fingerprint density at radius 1 is 0.644 bits per heavy atom. The van der Waals surface area contributed by atoms with Crippen molar-refractivity contribution in [1.29, 1.82) is 0 Å². The average Bonchev–Trinajstić information content (AvgIpc) is 4.02. The molecule has 3 heterocycles. The van der Waals surface area contributed by atoms with Gasteiger partial charge in [0.1, 0.15) is 66.1 Å². The number of hydrogen-bond donors (Lipinski definition) is 14. The molecule has 26 nitrogen and oxygen atoms in total. The van der Waals surface area contributed by atoms with E-state index in [1.807, 2.05) is 48.5 Å². The van der Waals surface area contributed by atoms with Gasteiger partial charge < -0.3 is 91.4 Å². The Morgan fingerprint density at radius 2 is 1.16 bits per heavy atom.